The van der Waals surface area contributed by atoms with E-state index < -0.39 is 0 Å². The average Bonchev–Trinajstić information content (AvgIpc) is 3.42. The standard InChI is InChI=1S/C21H32O4/c1-11(22)21-17(25-21)9-15-13-8-16-20(24-16)10-12(23)4-6-18(20,2)14(13)5-7-19(15,21)3/h11-17,22-23H,4-10H2,1-3H3/t11-,12+,13-,14+,15+,16-,17+,18-,19+,20+,21+/m1/s1. The highest BCUT2D eigenvalue weighted by Gasteiger charge is 2.82. The van der Waals surface area contributed by atoms with E-state index in [1.54, 1.807) is 0 Å². The SMILES string of the molecule is C[C@@H](O)[C@]12O[C@H]1C[C@H]1[C@@H]3C[C@H]4O[C@@]45C[C@@H](O)CC[C@]5(C)[C@H]3CC[C@@]12C. The molecule has 1 spiro atoms. The first-order valence-electron chi connectivity index (χ1n) is 10.5. The molecule has 2 N–H and O–H groups in total. The number of hydrogen-bond donors (Lipinski definition) is 2. The lowest BCUT2D eigenvalue weighted by molar-refractivity contribution is -0.140. The minimum Gasteiger partial charge on any atom is -0.393 e. The number of ether oxygens (including phenoxy) is 2. The van der Waals surface area contributed by atoms with Crippen molar-refractivity contribution in [3.05, 3.63) is 0 Å². The van der Waals surface area contributed by atoms with Gasteiger partial charge in [0.25, 0.3) is 0 Å². The monoisotopic (exact) mass is 348 g/mol. The fourth-order valence-electron chi connectivity index (χ4n) is 8.90. The van der Waals surface area contributed by atoms with Crippen LogP contribution in [0.25, 0.3) is 0 Å². The molecule has 0 radical (unpaired) electrons. The zero-order valence-corrected chi connectivity index (χ0v) is 15.7. The molecule has 2 saturated heterocycles. The molecule has 6 aliphatic rings. The molecule has 0 bridgehead atoms. The smallest absolute Gasteiger partial charge is 0.126 e. The van der Waals surface area contributed by atoms with E-state index in [-0.39, 0.29) is 40.3 Å². The summed E-state index contributed by atoms with van der Waals surface area (Å²) in [6, 6.07) is 0. The quantitative estimate of drug-likeness (QED) is 0.715. The normalized spacial score (nSPS) is 68.0. The molecule has 6 rings (SSSR count). The second-order valence-corrected chi connectivity index (χ2v) is 10.7. The van der Waals surface area contributed by atoms with Gasteiger partial charge in [-0.25, -0.2) is 0 Å². The van der Waals surface area contributed by atoms with Gasteiger partial charge in [0.1, 0.15) is 11.2 Å². The molecule has 11 atom stereocenters. The number of epoxide rings is 2. The van der Waals surface area contributed by atoms with Gasteiger partial charge in [-0.2, -0.15) is 0 Å². The molecule has 4 aliphatic carbocycles. The molecular weight excluding hydrogens is 316 g/mol. The fraction of sp³-hybridized carbons (Fsp3) is 1.00. The van der Waals surface area contributed by atoms with Crippen LogP contribution in [0, 0.1) is 28.6 Å². The summed E-state index contributed by atoms with van der Waals surface area (Å²) in [5.74, 6) is 2.07. The van der Waals surface area contributed by atoms with Gasteiger partial charge in [0, 0.05) is 17.3 Å². The molecule has 2 aliphatic heterocycles. The van der Waals surface area contributed by atoms with Crippen molar-refractivity contribution in [1.82, 2.24) is 0 Å². The third kappa shape index (κ3) is 1.51. The van der Waals surface area contributed by atoms with Crippen LogP contribution in [-0.2, 0) is 9.47 Å². The maximum atomic E-state index is 10.5. The van der Waals surface area contributed by atoms with E-state index in [0.29, 0.717) is 23.9 Å². The summed E-state index contributed by atoms with van der Waals surface area (Å²) < 4.78 is 12.5. The first kappa shape index (κ1) is 15.9. The van der Waals surface area contributed by atoms with E-state index in [1.165, 1.54) is 12.8 Å². The summed E-state index contributed by atoms with van der Waals surface area (Å²) in [7, 11) is 0. The molecule has 4 nitrogen and oxygen atoms in total. The van der Waals surface area contributed by atoms with Crippen molar-refractivity contribution < 1.29 is 19.7 Å². The van der Waals surface area contributed by atoms with E-state index in [9.17, 15) is 10.2 Å². The first-order chi connectivity index (χ1) is 11.8. The summed E-state index contributed by atoms with van der Waals surface area (Å²) >= 11 is 0. The molecular formula is C21H32O4. The molecule has 0 unspecified atom stereocenters. The van der Waals surface area contributed by atoms with Crippen LogP contribution in [0.5, 0.6) is 0 Å². The average molecular weight is 348 g/mol. The summed E-state index contributed by atoms with van der Waals surface area (Å²) in [6.07, 6.45) is 7.66. The maximum absolute atomic E-state index is 10.5. The number of hydrogen-bond acceptors (Lipinski definition) is 4. The molecule has 0 aromatic rings. The van der Waals surface area contributed by atoms with Crippen molar-refractivity contribution in [3.63, 3.8) is 0 Å². The summed E-state index contributed by atoms with van der Waals surface area (Å²) in [6.45, 7) is 6.80. The van der Waals surface area contributed by atoms with Gasteiger partial charge in [-0.1, -0.05) is 13.8 Å². The van der Waals surface area contributed by atoms with Crippen LogP contribution in [0.4, 0.5) is 0 Å². The third-order valence-corrected chi connectivity index (χ3v) is 10.2. The Kier molecular flexibility index (Phi) is 2.72. The molecule has 4 saturated carbocycles. The number of aliphatic hydroxyl groups excluding tert-OH is 2. The molecule has 0 aromatic carbocycles. The second kappa shape index (κ2) is 4.29. The van der Waals surface area contributed by atoms with Crippen LogP contribution in [0.15, 0.2) is 0 Å². The first-order valence-corrected chi connectivity index (χ1v) is 10.5. The lowest BCUT2D eigenvalue weighted by atomic mass is 9.44. The highest BCUT2D eigenvalue weighted by Crippen LogP contribution is 2.77. The lowest BCUT2D eigenvalue weighted by Gasteiger charge is -2.59. The van der Waals surface area contributed by atoms with Gasteiger partial charge in [0.05, 0.1) is 24.4 Å². The number of fused-ring (bicyclic) bond motifs is 6. The van der Waals surface area contributed by atoms with Crippen molar-refractivity contribution in [2.24, 2.45) is 28.6 Å². The Hall–Kier alpha value is -0.160. The zero-order valence-electron chi connectivity index (χ0n) is 15.7. The van der Waals surface area contributed by atoms with Gasteiger partial charge in [0.15, 0.2) is 0 Å². The van der Waals surface area contributed by atoms with Crippen molar-refractivity contribution in [2.45, 2.75) is 101 Å². The fourth-order valence-corrected chi connectivity index (χ4v) is 8.90. The van der Waals surface area contributed by atoms with E-state index in [1.807, 2.05) is 6.92 Å². The van der Waals surface area contributed by atoms with Crippen LogP contribution in [0.1, 0.15) is 65.7 Å². The maximum Gasteiger partial charge on any atom is 0.126 e. The van der Waals surface area contributed by atoms with E-state index in [2.05, 4.69) is 13.8 Å². The third-order valence-electron chi connectivity index (χ3n) is 10.2. The molecule has 6 fully saturated rings. The van der Waals surface area contributed by atoms with Crippen LogP contribution < -0.4 is 0 Å². The molecule has 2 heterocycles. The molecule has 0 aromatic heterocycles. The highest BCUT2D eigenvalue weighted by atomic mass is 16.6. The van der Waals surface area contributed by atoms with Crippen molar-refractivity contribution in [2.75, 3.05) is 0 Å². The Bertz CT molecular complexity index is 635. The van der Waals surface area contributed by atoms with Gasteiger partial charge >= 0.3 is 0 Å². The Balaban J connectivity index is 1.37. The molecule has 4 heteroatoms. The second-order valence-electron chi connectivity index (χ2n) is 10.7. The van der Waals surface area contributed by atoms with Crippen molar-refractivity contribution >= 4 is 0 Å². The van der Waals surface area contributed by atoms with Gasteiger partial charge in [-0.3, -0.25) is 0 Å². The van der Waals surface area contributed by atoms with Gasteiger partial charge < -0.3 is 19.7 Å². The van der Waals surface area contributed by atoms with Crippen molar-refractivity contribution in [1.29, 1.82) is 0 Å². The predicted molar refractivity (Wildman–Crippen MR) is 91.9 cm³/mol. The van der Waals surface area contributed by atoms with Gasteiger partial charge in [-0.15, -0.1) is 0 Å². The Morgan fingerprint density at radius 2 is 1.72 bits per heavy atom. The summed E-state index contributed by atoms with van der Waals surface area (Å²) in [5, 5.41) is 20.8. The molecule has 25 heavy (non-hydrogen) atoms. The minimum atomic E-state index is -0.371. The van der Waals surface area contributed by atoms with E-state index >= 15 is 0 Å². The molecule has 0 amide bonds. The lowest BCUT2D eigenvalue weighted by Crippen LogP contribution is -2.60. The highest BCUT2D eigenvalue weighted by molar-refractivity contribution is 5.30. The molecule has 140 valence electrons. The van der Waals surface area contributed by atoms with Gasteiger partial charge in [-0.05, 0) is 63.2 Å². The number of aliphatic hydroxyl groups is 2. The van der Waals surface area contributed by atoms with Crippen molar-refractivity contribution in [3.8, 4) is 0 Å². The Morgan fingerprint density at radius 1 is 0.960 bits per heavy atom. The van der Waals surface area contributed by atoms with Crippen LogP contribution >= 0.6 is 0 Å². The van der Waals surface area contributed by atoms with Crippen LogP contribution in [0.3, 0.4) is 0 Å². The zero-order chi connectivity index (χ0) is 17.4. The van der Waals surface area contributed by atoms with E-state index in [4.69, 9.17) is 9.47 Å². The minimum absolute atomic E-state index is 0.0282. The Morgan fingerprint density at radius 3 is 2.48 bits per heavy atom. The van der Waals surface area contributed by atoms with E-state index in [0.717, 1.165) is 32.1 Å². The van der Waals surface area contributed by atoms with Gasteiger partial charge in [0.2, 0.25) is 0 Å². The summed E-state index contributed by atoms with van der Waals surface area (Å²) in [4.78, 5) is 0. The number of rotatable bonds is 1. The predicted octanol–water partition coefficient (Wildman–Crippen LogP) is 2.65. The topological polar surface area (TPSA) is 65.5 Å². The Labute approximate surface area is 150 Å². The van der Waals surface area contributed by atoms with Crippen LogP contribution in [-0.4, -0.2) is 45.8 Å². The van der Waals surface area contributed by atoms with Crippen LogP contribution in [0.2, 0.25) is 0 Å². The largest absolute Gasteiger partial charge is 0.393 e. The summed E-state index contributed by atoms with van der Waals surface area (Å²) in [5.41, 5.74) is 0.0456.